The molecule has 0 bridgehead atoms. The second-order valence-electron chi connectivity index (χ2n) is 4.75. The minimum Gasteiger partial charge on any atom is -0.380 e. The summed E-state index contributed by atoms with van der Waals surface area (Å²) in [5.74, 6) is 0.750. The number of anilines is 1. The highest BCUT2D eigenvalue weighted by molar-refractivity contribution is 9.10. The number of carbonyl (C=O) groups excluding carboxylic acids is 1. The van der Waals surface area contributed by atoms with E-state index in [1.165, 1.54) is 12.8 Å². The first-order chi connectivity index (χ1) is 9.24. The van der Waals surface area contributed by atoms with E-state index in [1.807, 2.05) is 24.3 Å². The molecule has 0 unspecified atom stereocenters. The van der Waals surface area contributed by atoms with E-state index in [0.29, 0.717) is 19.7 Å². The highest BCUT2D eigenvalue weighted by atomic mass is 79.9. The van der Waals surface area contributed by atoms with Crippen LogP contribution in [-0.4, -0.2) is 32.2 Å². The van der Waals surface area contributed by atoms with Crippen molar-refractivity contribution in [2.75, 3.05) is 31.6 Å². The first kappa shape index (κ1) is 14.5. The van der Waals surface area contributed by atoms with E-state index < -0.39 is 0 Å². The van der Waals surface area contributed by atoms with Crippen molar-refractivity contribution in [3.05, 3.63) is 28.7 Å². The molecule has 0 spiro atoms. The Hall–Kier alpha value is -0.910. The van der Waals surface area contributed by atoms with Crippen molar-refractivity contribution in [2.45, 2.75) is 12.8 Å². The lowest BCUT2D eigenvalue weighted by molar-refractivity contribution is -0.115. The number of hydrogen-bond acceptors (Lipinski definition) is 3. The molecule has 0 heterocycles. The first-order valence-electron chi connectivity index (χ1n) is 6.58. The van der Waals surface area contributed by atoms with E-state index in [2.05, 4.69) is 26.6 Å². The Labute approximate surface area is 122 Å². The molecule has 5 heteroatoms. The third kappa shape index (κ3) is 6.18. The molecule has 1 aromatic rings. The number of amides is 1. The quantitative estimate of drug-likeness (QED) is 0.721. The number of nitrogens with one attached hydrogen (secondary N) is 2. The van der Waals surface area contributed by atoms with Crippen LogP contribution in [0, 0.1) is 5.92 Å². The summed E-state index contributed by atoms with van der Waals surface area (Å²) in [6.07, 6.45) is 2.62. The Morgan fingerprint density at radius 1 is 1.42 bits per heavy atom. The van der Waals surface area contributed by atoms with Crippen LogP contribution in [0.3, 0.4) is 0 Å². The van der Waals surface area contributed by atoms with Crippen LogP contribution >= 0.6 is 15.9 Å². The number of hydrogen-bond donors (Lipinski definition) is 2. The summed E-state index contributed by atoms with van der Waals surface area (Å²) in [7, 11) is 0. The van der Waals surface area contributed by atoms with Gasteiger partial charge in [0.05, 0.1) is 13.2 Å². The Kier molecular flexibility index (Phi) is 5.82. The van der Waals surface area contributed by atoms with Gasteiger partial charge in [0.15, 0.2) is 0 Å². The number of benzene rings is 1. The molecule has 2 rings (SSSR count). The molecule has 1 amide bonds. The standard InChI is InChI=1S/C14H19BrN2O2/c15-12-2-1-3-13(8-12)17-14(18)9-16-6-7-19-10-11-4-5-11/h1-3,8,11,16H,4-7,9-10H2,(H,17,18). The Balaban J connectivity index is 1.53. The van der Waals surface area contributed by atoms with Crippen molar-refractivity contribution >= 4 is 27.5 Å². The summed E-state index contributed by atoms with van der Waals surface area (Å²) in [6.45, 7) is 2.55. The maximum absolute atomic E-state index is 11.6. The fourth-order valence-electron chi connectivity index (χ4n) is 1.65. The minimum absolute atomic E-state index is 0.0414. The van der Waals surface area contributed by atoms with Gasteiger partial charge in [0.1, 0.15) is 0 Å². The molecular weight excluding hydrogens is 308 g/mol. The molecule has 4 nitrogen and oxygen atoms in total. The average Bonchev–Trinajstić information content (AvgIpc) is 3.17. The summed E-state index contributed by atoms with van der Waals surface area (Å²) < 4.78 is 6.42. The summed E-state index contributed by atoms with van der Waals surface area (Å²) in [5.41, 5.74) is 0.797. The number of rotatable bonds is 8. The lowest BCUT2D eigenvalue weighted by atomic mass is 10.3. The van der Waals surface area contributed by atoms with Crippen molar-refractivity contribution in [3.63, 3.8) is 0 Å². The summed E-state index contributed by atoms with van der Waals surface area (Å²) in [5, 5.41) is 5.90. The molecule has 0 aromatic heterocycles. The van der Waals surface area contributed by atoms with Crippen LogP contribution in [0.2, 0.25) is 0 Å². The van der Waals surface area contributed by atoms with Crippen LogP contribution in [0.4, 0.5) is 5.69 Å². The van der Waals surface area contributed by atoms with Crippen molar-refractivity contribution in [3.8, 4) is 0 Å². The number of halogens is 1. The largest absolute Gasteiger partial charge is 0.380 e. The van der Waals surface area contributed by atoms with Crippen LogP contribution in [0.5, 0.6) is 0 Å². The van der Waals surface area contributed by atoms with Crippen LogP contribution in [0.1, 0.15) is 12.8 Å². The molecule has 1 fully saturated rings. The van der Waals surface area contributed by atoms with E-state index in [4.69, 9.17) is 4.74 Å². The molecule has 0 radical (unpaired) electrons. The molecule has 1 aromatic carbocycles. The van der Waals surface area contributed by atoms with Gasteiger partial charge in [0.25, 0.3) is 0 Å². The van der Waals surface area contributed by atoms with Gasteiger partial charge in [-0.25, -0.2) is 0 Å². The molecule has 1 saturated carbocycles. The topological polar surface area (TPSA) is 50.4 Å². The van der Waals surface area contributed by atoms with E-state index in [9.17, 15) is 4.79 Å². The van der Waals surface area contributed by atoms with E-state index in [0.717, 1.165) is 22.7 Å². The third-order valence-corrected chi connectivity index (χ3v) is 3.36. The van der Waals surface area contributed by atoms with Gasteiger partial charge in [-0.1, -0.05) is 22.0 Å². The van der Waals surface area contributed by atoms with Gasteiger partial charge in [-0.2, -0.15) is 0 Å². The molecule has 1 aliphatic rings. The second kappa shape index (κ2) is 7.62. The zero-order valence-electron chi connectivity index (χ0n) is 10.8. The molecule has 2 N–H and O–H groups in total. The van der Waals surface area contributed by atoms with Gasteiger partial charge in [-0.3, -0.25) is 4.79 Å². The van der Waals surface area contributed by atoms with E-state index in [1.54, 1.807) is 0 Å². The lowest BCUT2D eigenvalue weighted by Crippen LogP contribution is -2.30. The van der Waals surface area contributed by atoms with Gasteiger partial charge >= 0.3 is 0 Å². The molecule has 1 aliphatic carbocycles. The normalized spacial score (nSPS) is 14.4. The van der Waals surface area contributed by atoms with Crippen molar-refractivity contribution < 1.29 is 9.53 Å². The fraction of sp³-hybridized carbons (Fsp3) is 0.500. The Bertz CT molecular complexity index is 422. The molecule has 0 saturated heterocycles. The smallest absolute Gasteiger partial charge is 0.238 e. The van der Waals surface area contributed by atoms with Crippen LogP contribution in [0.25, 0.3) is 0 Å². The second-order valence-corrected chi connectivity index (χ2v) is 5.67. The van der Waals surface area contributed by atoms with Gasteiger partial charge in [-0.15, -0.1) is 0 Å². The molecule has 19 heavy (non-hydrogen) atoms. The summed E-state index contributed by atoms with van der Waals surface area (Å²) >= 11 is 3.37. The van der Waals surface area contributed by atoms with Crippen LogP contribution in [0.15, 0.2) is 28.7 Å². The number of carbonyl (C=O) groups is 1. The predicted molar refractivity (Wildman–Crippen MR) is 79.2 cm³/mol. The Morgan fingerprint density at radius 2 is 2.26 bits per heavy atom. The predicted octanol–water partition coefficient (Wildman–Crippen LogP) is 2.40. The first-order valence-corrected chi connectivity index (χ1v) is 7.37. The zero-order chi connectivity index (χ0) is 13.5. The van der Waals surface area contributed by atoms with Gasteiger partial charge in [0.2, 0.25) is 5.91 Å². The monoisotopic (exact) mass is 326 g/mol. The maximum atomic E-state index is 11.6. The SMILES string of the molecule is O=C(CNCCOCC1CC1)Nc1cccc(Br)c1. The van der Waals surface area contributed by atoms with E-state index >= 15 is 0 Å². The number of ether oxygens (including phenoxy) is 1. The van der Waals surface area contributed by atoms with Crippen molar-refractivity contribution in [1.82, 2.24) is 5.32 Å². The van der Waals surface area contributed by atoms with E-state index in [-0.39, 0.29) is 5.91 Å². The average molecular weight is 327 g/mol. The third-order valence-electron chi connectivity index (χ3n) is 2.87. The highest BCUT2D eigenvalue weighted by Crippen LogP contribution is 2.28. The molecular formula is C14H19BrN2O2. The summed E-state index contributed by atoms with van der Waals surface area (Å²) in [6, 6.07) is 7.54. The Morgan fingerprint density at radius 3 is 3.00 bits per heavy atom. The van der Waals surface area contributed by atoms with Crippen molar-refractivity contribution in [1.29, 1.82) is 0 Å². The van der Waals surface area contributed by atoms with Gasteiger partial charge in [-0.05, 0) is 37.0 Å². The fourth-order valence-corrected chi connectivity index (χ4v) is 2.05. The maximum Gasteiger partial charge on any atom is 0.238 e. The van der Waals surface area contributed by atoms with Gasteiger partial charge in [0, 0.05) is 23.3 Å². The van der Waals surface area contributed by atoms with Crippen molar-refractivity contribution in [2.24, 2.45) is 5.92 Å². The highest BCUT2D eigenvalue weighted by Gasteiger charge is 2.20. The molecule has 104 valence electrons. The summed E-state index contributed by atoms with van der Waals surface area (Å²) in [4.78, 5) is 11.6. The molecule has 0 atom stereocenters. The van der Waals surface area contributed by atoms with Crippen LogP contribution < -0.4 is 10.6 Å². The lowest BCUT2D eigenvalue weighted by Gasteiger charge is -2.07. The minimum atomic E-state index is -0.0414. The van der Waals surface area contributed by atoms with Gasteiger partial charge < -0.3 is 15.4 Å². The van der Waals surface area contributed by atoms with Crippen LogP contribution in [-0.2, 0) is 9.53 Å². The molecule has 0 aliphatic heterocycles. The zero-order valence-corrected chi connectivity index (χ0v) is 12.4.